The molecule has 0 bridgehead atoms. The van der Waals surface area contributed by atoms with Gasteiger partial charge in [0.2, 0.25) is 0 Å². The smallest absolute Gasteiger partial charge is 0.0794 e. The monoisotopic (exact) mass is 224 g/mol. The zero-order chi connectivity index (χ0) is 10.9. The predicted molar refractivity (Wildman–Crippen MR) is 64.9 cm³/mol. The highest BCUT2D eigenvalue weighted by atomic mass is 32.1. The van der Waals surface area contributed by atoms with Gasteiger partial charge in [0.1, 0.15) is 0 Å². The van der Waals surface area contributed by atoms with Crippen molar-refractivity contribution in [2.24, 2.45) is 17.6 Å². The van der Waals surface area contributed by atoms with E-state index in [0.717, 1.165) is 18.8 Å². The Hall–Kier alpha value is -0.410. The van der Waals surface area contributed by atoms with Gasteiger partial charge in [0.05, 0.1) is 5.51 Å². The number of thiazole rings is 1. The highest BCUT2D eigenvalue weighted by molar-refractivity contribution is 7.09. The molecule has 0 spiro atoms. The summed E-state index contributed by atoms with van der Waals surface area (Å²) in [7, 11) is 0. The molecule has 1 aromatic rings. The van der Waals surface area contributed by atoms with Gasteiger partial charge in [-0.15, -0.1) is 11.3 Å². The molecule has 0 saturated heterocycles. The normalized spacial score (nSPS) is 36.7. The third-order valence-electron chi connectivity index (χ3n) is 3.83. The molecule has 0 aliphatic heterocycles. The first-order chi connectivity index (χ1) is 7.10. The maximum absolute atomic E-state index is 6.53. The van der Waals surface area contributed by atoms with E-state index in [1.54, 1.807) is 11.3 Å². The van der Waals surface area contributed by atoms with Crippen LogP contribution in [0.3, 0.4) is 0 Å². The van der Waals surface area contributed by atoms with Gasteiger partial charge in [-0.25, -0.2) is 0 Å². The third-order valence-corrected chi connectivity index (χ3v) is 4.61. The summed E-state index contributed by atoms with van der Waals surface area (Å²) in [5, 5.41) is 0. The quantitative estimate of drug-likeness (QED) is 0.839. The largest absolute Gasteiger partial charge is 0.325 e. The van der Waals surface area contributed by atoms with Crippen molar-refractivity contribution in [3.05, 3.63) is 16.6 Å². The Morgan fingerprint density at radius 1 is 1.60 bits per heavy atom. The van der Waals surface area contributed by atoms with Gasteiger partial charge in [-0.3, -0.25) is 4.98 Å². The van der Waals surface area contributed by atoms with Gasteiger partial charge in [0, 0.05) is 23.0 Å². The Balaban J connectivity index is 2.06. The molecule has 3 heteroatoms. The first kappa shape index (κ1) is 11.1. The zero-order valence-corrected chi connectivity index (χ0v) is 10.4. The van der Waals surface area contributed by atoms with Crippen molar-refractivity contribution in [3.8, 4) is 0 Å². The average molecular weight is 224 g/mol. The molecular weight excluding hydrogens is 204 g/mol. The highest BCUT2D eigenvalue weighted by Crippen LogP contribution is 2.37. The second-order valence-corrected chi connectivity index (χ2v) is 6.13. The summed E-state index contributed by atoms with van der Waals surface area (Å²) in [6, 6.07) is 0. The minimum Gasteiger partial charge on any atom is -0.325 e. The summed E-state index contributed by atoms with van der Waals surface area (Å²) in [5.74, 6) is 1.47. The molecule has 1 fully saturated rings. The van der Waals surface area contributed by atoms with Crippen LogP contribution in [-0.2, 0) is 6.42 Å². The lowest BCUT2D eigenvalue weighted by atomic mass is 9.69. The predicted octanol–water partition coefficient (Wildman–Crippen LogP) is 2.84. The standard InChI is InChI=1S/C12H20N2S/c1-9-3-4-12(13,10(2)5-9)6-11-7-14-8-15-11/h7-10H,3-6,13H2,1-2H3. The number of nitrogens with two attached hydrogens (primary N) is 1. The van der Waals surface area contributed by atoms with Crippen molar-refractivity contribution in [3.63, 3.8) is 0 Å². The van der Waals surface area contributed by atoms with Gasteiger partial charge in [0.25, 0.3) is 0 Å². The van der Waals surface area contributed by atoms with E-state index < -0.39 is 0 Å². The van der Waals surface area contributed by atoms with Crippen LogP contribution in [0.2, 0.25) is 0 Å². The van der Waals surface area contributed by atoms with Crippen LogP contribution in [0, 0.1) is 11.8 Å². The second-order valence-electron chi connectivity index (χ2n) is 5.16. The van der Waals surface area contributed by atoms with Crippen LogP contribution in [0.15, 0.2) is 11.7 Å². The first-order valence-corrected chi connectivity index (χ1v) is 6.64. The molecule has 2 nitrogen and oxygen atoms in total. The maximum atomic E-state index is 6.53. The molecule has 84 valence electrons. The Labute approximate surface area is 95.9 Å². The summed E-state index contributed by atoms with van der Waals surface area (Å²) < 4.78 is 0. The molecule has 0 radical (unpaired) electrons. The van der Waals surface area contributed by atoms with Crippen molar-refractivity contribution in [2.75, 3.05) is 0 Å². The summed E-state index contributed by atoms with van der Waals surface area (Å²) in [4.78, 5) is 5.45. The van der Waals surface area contributed by atoms with Gasteiger partial charge in [-0.1, -0.05) is 13.8 Å². The fourth-order valence-corrected chi connectivity index (χ4v) is 3.36. The highest BCUT2D eigenvalue weighted by Gasteiger charge is 2.36. The molecule has 3 atom stereocenters. The van der Waals surface area contributed by atoms with Crippen LogP contribution in [0.4, 0.5) is 0 Å². The van der Waals surface area contributed by atoms with E-state index in [9.17, 15) is 0 Å². The minimum atomic E-state index is 0.0129. The number of hydrogen-bond acceptors (Lipinski definition) is 3. The van der Waals surface area contributed by atoms with E-state index in [1.165, 1.54) is 17.7 Å². The fourth-order valence-electron chi connectivity index (χ4n) is 2.63. The van der Waals surface area contributed by atoms with Crippen LogP contribution >= 0.6 is 11.3 Å². The van der Waals surface area contributed by atoms with Gasteiger partial charge in [-0.2, -0.15) is 0 Å². The second kappa shape index (κ2) is 4.22. The summed E-state index contributed by atoms with van der Waals surface area (Å²) in [5.41, 5.74) is 8.45. The molecule has 1 aliphatic rings. The van der Waals surface area contributed by atoms with E-state index >= 15 is 0 Å². The van der Waals surface area contributed by atoms with Crippen molar-refractivity contribution in [2.45, 2.75) is 45.1 Å². The lowest BCUT2D eigenvalue weighted by molar-refractivity contribution is 0.164. The van der Waals surface area contributed by atoms with Gasteiger partial charge in [-0.05, 0) is 31.1 Å². The van der Waals surface area contributed by atoms with Crippen LogP contribution in [0.5, 0.6) is 0 Å². The summed E-state index contributed by atoms with van der Waals surface area (Å²) >= 11 is 1.73. The molecule has 2 N–H and O–H groups in total. The third kappa shape index (κ3) is 2.40. The SMILES string of the molecule is CC1CCC(N)(Cc2cncs2)C(C)C1. The van der Waals surface area contributed by atoms with E-state index in [1.807, 2.05) is 11.7 Å². The topological polar surface area (TPSA) is 38.9 Å². The Morgan fingerprint density at radius 3 is 3.00 bits per heavy atom. The van der Waals surface area contributed by atoms with Crippen molar-refractivity contribution >= 4 is 11.3 Å². The van der Waals surface area contributed by atoms with E-state index in [-0.39, 0.29) is 5.54 Å². The van der Waals surface area contributed by atoms with Gasteiger partial charge in [0.15, 0.2) is 0 Å². The molecule has 1 aliphatic carbocycles. The number of hydrogen-bond donors (Lipinski definition) is 1. The Bertz CT molecular complexity index is 309. The average Bonchev–Trinajstić information content (AvgIpc) is 2.65. The van der Waals surface area contributed by atoms with Gasteiger partial charge >= 0.3 is 0 Å². The van der Waals surface area contributed by atoms with E-state index in [2.05, 4.69) is 18.8 Å². The maximum Gasteiger partial charge on any atom is 0.0794 e. The molecule has 1 heterocycles. The fraction of sp³-hybridized carbons (Fsp3) is 0.750. The molecule has 15 heavy (non-hydrogen) atoms. The molecule has 1 aromatic heterocycles. The molecule has 1 saturated carbocycles. The first-order valence-electron chi connectivity index (χ1n) is 5.76. The molecule has 0 aromatic carbocycles. The van der Waals surface area contributed by atoms with Crippen LogP contribution in [0.1, 0.15) is 38.0 Å². The number of rotatable bonds is 2. The van der Waals surface area contributed by atoms with E-state index in [4.69, 9.17) is 5.73 Å². The molecule has 3 unspecified atom stereocenters. The number of nitrogens with zero attached hydrogens (tertiary/aromatic N) is 1. The summed E-state index contributed by atoms with van der Waals surface area (Å²) in [6.45, 7) is 4.64. The van der Waals surface area contributed by atoms with Crippen molar-refractivity contribution in [1.29, 1.82) is 0 Å². The lowest BCUT2D eigenvalue weighted by Crippen LogP contribution is -2.51. The summed E-state index contributed by atoms with van der Waals surface area (Å²) in [6.07, 6.45) is 6.68. The van der Waals surface area contributed by atoms with Crippen LogP contribution < -0.4 is 5.73 Å². The van der Waals surface area contributed by atoms with Crippen molar-refractivity contribution in [1.82, 2.24) is 4.98 Å². The minimum absolute atomic E-state index is 0.0129. The molecular formula is C12H20N2S. The zero-order valence-electron chi connectivity index (χ0n) is 9.57. The Kier molecular flexibility index (Phi) is 3.12. The van der Waals surface area contributed by atoms with E-state index in [0.29, 0.717) is 5.92 Å². The van der Waals surface area contributed by atoms with Crippen LogP contribution in [-0.4, -0.2) is 10.5 Å². The molecule has 2 rings (SSSR count). The van der Waals surface area contributed by atoms with Crippen LogP contribution in [0.25, 0.3) is 0 Å². The van der Waals surface area contributed by atoms with Gasteiger partial charge < -0.3 is 5.73 Å². The molecule has 0 amide bonds. The lowest BCUT2D eigenvalue weighted by Gasteiger charge is -2.41. The number of aromatic nitrogens is 1. The Morgan fingerprint density at radius 2 is 2.40 bits per heavy atom. The van der Waals surface area contributed by atoms with Crippen molar-refractivity contribution < 1.29 is 0 Å².